The van der Waals surface area contributed by atoms with Crippen LogP contribution in [0.4, 0.5) is 4.39 Å². The van der Waals surface area contributed by atoms with Crippen molar-refractivity contribution in [3.8, 4) is 11.3 Å². The van der Waals surface area contributed by atoms with E-state index in [2.05, 4.69) is 0 Å². The van der Waals surface area contributed by atoms with Gasteiger partial charge in [0.1, 0.15) is 11.6 Å². The monoisotopic (exact) mass is 365 g/mol. The van der Waals surface area contributed by atoms with E-state index in [0.717, 1.165) is 0 Å². The highest BCUT2D eigenvalue weighted by Crippen LogP contribution is 2.27. The number of carbonyl (C=O) groups is 1. The minimum Gasteiger partial charge on any atom is -0.451 e. The Balaban J connectivity index is 1.85. The molecule has 0 spiro atoms. The third-order valence-electron chi connectivity index (χ3n) is 4.33. The first kappa shape index (κ1) is 17.7. The van der Waals surface area contributed by atoms with Crippen LogP contribution in [0, 0.1) is 5.82 Å². The van der Waals surface area contributed by atoms with Gasteiger partial charge in [0.25, 0.3) is 5.91 Å². The van der Waals surface area contributed by atoms with Gasteiger partial charge in [0.2, 0.25) is 0 Å². The van der Waals surface area contributed by atoms with Crippen LogP contribution in [0.3, 0.4) is 0 Å². The molecule has 0 saturated carbocycles. The van der Waals surface area contributed by atoms with Crippen LogP contribution in [0.2, 0.25) is 0 Å². The average Bonchev–Trinajstić information content (AvgIpc) is 3.19. The Bertz CT molecular complexity index is 875. The topological polar surface area (TPSA) is 67.6 Å². The van der Waals surface area contributed by atoms with Gasteiger partial charge in [-0.3, -0.25) is 4.79 Å². The van der Waals surface area contributed by atoms with Crippen molar-refractivity contribution in [2.24, 2.45) is 0 Å². The normalized spacial score (nSPS) is 19.0. The number of halogens is 1. The molecule has 1 unspecified atom stereocenters. The first-order valence-electron chi connectivity index (χ1n) is 8.27. The molecule has 0 N–H and O–H groups in total. The Morgan fingerprint density at radius 3 is 2.68 bits per heavy atom. The van der Waals surface area contributed by atoms with Crippen molar-refractivity contribution in [2.75, 3.05) is 18.1 Å². The molecule has 2 aromatic rings. The zero-order chi connectivity index (χ0) is 18.0. The van der Waals surface area contributed by atoms with Gasteiger partial charge in [0.05, 0.1) is 17.1 Å². The van der Waals surface area contributed by atoms with Gasteiger partial charge in [-0.15, -0.1) is 0 Å². The maximum atomic E-state index is 13.9. The van der Waals surface area contributed by atoms with Gasteiger partial charge in [-0.1, -0.05) is 19.1 Å². The van der Waals surface area contributed by atoms with E-state index in [9.17, 15) is 17.6 Å². The number of furan rings is 1. The number of amides is 1. The third-order valence-corrected chi connectivity index (χ3v) is 6.08. The Morgan fingerprint density at radius 1 is 1.28 bits per heavy atom. The standard InChI is InChI=1S/C18H20FNO4S/c1-2-10-20(13-9-11-25(22,23)12-13)18(21)17-8-7-16(24-17)14-5-3-4-6-15(14)19/h3-8,13H,2,9-12H2,1H3. The molecular weight excluding hydrogens is 345 g/mol. The molecular formula is C18H20FNO4S. The number of carbonyl (C=O) groups excluding carboxylic acids is 1. The molecule has 1 aliphatic rings. The maximum absolute atomic E-state index is 13.9. The Labute approximate surface area is 146 Å². The number of nitrogens with zero attached hydrogens (tertiary/aromatic N) is 1. The van der Waals surface area contributed by atoms with Crippen LogP contribution in [0.15, 0.2) is 40.8 Å². The fraction of sp³-hybridized carbons (Fsp3) is 0.389. The van der Waals surface area contributed by atoms with E-state index >= 15 is 0 Å². The van der Waals surface area contributed by atoms with Crippen LogP contribution in [0.25, 0.3) is 11.3 Å². The molecule has 3 rings (SSSR count). The van der Waals surface area contributed by atoms with E-state index in [4.69, 9.17) is 4.42 Å². The highest BCUT2D eigenvalue weighted by Gasteiger charge is 2.35. The van der Waals surface area contributed by atoms with E-state index in [0.29, 0.717) is 19.4 Å². The van der Waals surface area contributed by atoms with Crippen LogP contribution < -0.4 is 0 Å². The van der Waals surface area contributed by atoms with Crippen LogP contribution >= 0.6 is 0 Å². The van der Waals surface area contributed by atoms with Gasteiger partial charge < -0.3 is 9.32 Å². The molecule has 0 radical (unpaired) electrons. The molecule has 1 aromatic carbocycles. The number of hydrogen-bond acceptors (Lipinski definition) is 4. The van der Waals surface area contributed by atoms with E-state index in [1.807, 2.05) is 6.92 Å². The molecule has 134 valence electrons. The molecule has 5 nitrogen and oxygen atoms in total. The SMILES string of the molecule is CCCN(C(=O)c1ccc(-c2ccccc2F)o1)C1CCS(=O)(=O)C1. The van der Waals surface area contributed by atoms with Crippen molar-refractivity contribution >= 4 is 15.7 Å². The summed E-state index contributed by atoms with van der Waals surface area (Å²) in [4.78, 5) is 14.4. The van der Waals surface area contributed by atoms with Crippen molar-refractivity contribution in [3.05, 3.63) is 48.0 Å². The lowest BCUT2D eigenvalue weighted by atomic mass is 10.1. The molecule has 0 aliphatic carbocycles. The quantitative estimate of drug-likeness (QED) is 0.816. The van der Waals surface area contributed by atoms with Gasteiger partial charge in [0.15, 0.2) is 15.6 Å². The second-order valence-electron chi connectivity index (χ2n) is 6.20. The first-order valence-corrected chi connectivity index (χ1v) is 10.1. The molecule has 1 aromatic heterocycles. The van der Waals surface area contributed by atoms with Gasteiger partial charge in [-0.2, -0.15) is 0 Å². The summed E-state index contributed by atoms with van der Waals surface area (Å²) in [5.74, 6) is -0.328. The minimum atomic E-state index is -3.09. The largest absolute Gasteiger partial charge is 0.451 e. The number of hydrogen-bond donors (Lipinski definition) is 0. The molecule has 7 heteroatoms. The second kappa shape index (κ2) is 7.00. The van der Waals surface area contributed by atoms with Gasteiger partial charge in [-0.05, 0) is 37.1 Å². The Morgan fingerprint density at radius 2 is 2.04 bits per heavy atom. The van der Waals surface area contributed by atoms with E-state index in [1.165, 1.54) is 12.1 Å². The van der Waals surface area contributed by atoms with E-state index in [1.54, 1.807) is 29.2 Å². The number of rotatable bonds is 5. The Kier molecular flexibility index (Phi) is 4.94. The van der Waals surface area contributed by atoms with Crippen LogP contribution in [-0.2, 0) is 9.84 Å². The predicted octanol–water partition coefficient (Wildman–Crippen LogP) is 3.13. The highest BCUT2D eigenvalue weighted by atomic mass is 32.2. The van der Waals surface area contributed by atoms with Gasteiger partial charge in [-0.25, -0.2) is 12.8 Å². The molecule has 1 fully saturated rings. The predicted molar refractivity (Wildman–Crippen MR) is 92.5 cm³/mol. The first-order chi connectivity index (χ1) is 11.9. The lowest BCUT2D eigenvalue weighted by Gasteiger charge is -2.26. The van der Waals surface area contributed by atoms with Crippen molar-refractivity contribution in [2.45, 2.75) is 25.8 Å². The average molecular weight is 365 g/mol. The molecule has 1 atom stereocenters. The van der Waals surface area contributed by atoms with Gasteiger partial charge >= 0.3 is 0 Å². The van der Waals surface area contributed by atoms with Crippen molar-refractivity contribution in [3.63, 3.8) is 0 Å². The van der Waals surface area contributed by atoms with Gasteiger partial charge in [0, 0.05) is 12.6 Å². The van der Waals surface area contributed by atoms with Crippen LogP contribution in [0.5, 0.6) is 0 Å². The minimum absolute atomic E-state index is 0.0143. The summed E-state index contributed by atoms with van der Waals surface area (Å²) in [7, 11) is -3.09. The van der Waals surface area contributed by atoms with Crippen LogP contribution in [-0.4, -0.2) is 43.3 Å². The zero-order valence-electron chi connectivity index (χ0n) is 13.9. The fourth-order valence-electron chi connectivity index (χ4n) is 3.11. The molecule has 2 heterocycles. The van der Waals surface area contributed by atoms with Crippen LogP contribution in [0.1, 0.15) is 30.3 Å². The number of benzene rings is 1. The Hall–Kier alpha value is -2.15. The molecule has 1 aliphatic heterocycles. The molecule has 25 heavy (non-hydrogen) atoms. The molecule has 1 saturated heterocycles. The van der Waals surface area contributed by atoms with Crippen molar-refractivity contribution in [1.29, 1.82) is 0 Å². The lowest BCUT2D eigenvalue weighted by Crippen LogP contribution is -2.41. The summed E-state index contributed by atoms with van der Waals surface area (Å²) in [6.45, 7) is 2.38. The summed E-state index contributed by atoms with van der Waals surface area (Å²) in [6.07, 6.45) is 1.15. The molecule has 1 amide bonds. The highest BCUT2D eigenvalue weighted by molar-refractivity contribution is 7.91. The number of sulfone groups is 1. The third kappa shape index (κ3) is 3.76. The summed E-state index contributed by atoms with van der Waals surface area (Å²) < 4.78 is 42.9. The van der Waals surface area contributed by atoms with Crippen molar-refractivity contribution in [1.82, 2.24) is 4.90 Å². The molecule has 0 bridgehead atoms. The summed E-state index contributed by atoms with van der Waals surface area (Å²) >= 11 is 0. The van der Waals surface area contributed by atoms with E-state index in [-0.39, 0.29) is 40.5 Å². The smallest absolute Gasteiger partial charge is 0.289 e. The summed E-state index contributed by atoms with van der Waals surface area (Å²) in [5, 5.41) is 0. The second-order valence-corrected chi connectivity index (χ2v) is 8.43. The maximum Gasteiger partial charge on any atom is 0.289 e. The summed E-state index contributed by atoms with van der Waals surface area (Å²) in [5.41, 5.74) is 0.284. The fourth-order valence-corrected chi connectivity index (χ4v) is 4.84. The summed E-state index contributed by atoms with van der Waals surface area (Å²) in [6, 6.07) is 8.91. The van der Waals surface area contributed by atoms with Crippen molar-refractivity contribution < 1.29 is 22.0 Å². The lowest BCUT2D eigenvalue weighted by molar-refractivity contribution is 0.0665. The van der Waals surface area contributed by atoms with E-state index < -0.39 is 15.7 Å². The zero-order valence-corrected chi connectivity index (χ0v) is 14.8.